The summed E-state index contributed by atoms with van der Waals surface area (Å²) < 4.78 is 11.9. The second-order valence-electron chi connectivity index (χ2n) is 14.8. The molecule has 51 heavy (non-hydrogen) atoms. The molecule has 0 aliphatic heterocycles. The summed E-state index contributed by atoms with van der Waals surface area (Å²) >= 11 is 0. The van der Waals surface area contributed by atoms with E-state index in [0.29, 0.717) is 25.9 Å². The first-order valence-electron chi connectivity index (χ1n) is 21.6. The maximum absolute atomic E-state index is 12.8. The molecule has 0 bridgehead atoms. The molecule has 0 aliphatic carbocycles. The fourth-order valence-electron chi connectivity index (χ4n) is 6.34. The van der Waals surface area contributed by atoms with Crippen LogP contribution in [0.1, 0.15) is 207 Å². The van der Waals surface area contributed by atoms with Crippen molar-refractivity contribution in [1.29, 1.82) is 0 Å². The molecule has 9 heteroatoms. The van der Waals surface area contributed by atoms with E-state index in [1.165, 1.54) is 116 Å². The van der Waals surface area contributed by atoms with Crippen LogP contribution < -0.4 is 16.4 Å². The Labute approximate surface area is 314 Å². The fourth-order valence-corrected chi connectivity index (χ4v) is 6.34. The molecule has 0 unspecified atom stereocenters. The monoisotopic (exact) mass is 726 g/mol. The molecule has 0 aromatic rings. The number of carbonyl (C=O) groups is 3. The van der Waals surface area contributed by atoms with Gasteiger partial charge in [0.2, 0.25) is 11.8 Å². The second-order valence-corrected chi connectivity index (χ2v) is 14.8. The maximum Gasteiger partial charge on any atom is 0.306 e. The highest BCUT2D eigenvalue weighted by molar-refractivity contribution is 5.81. The number of hydrogen-bond donors (Lipinski definition) is 4. The van der Waals surface area contributed by atoms with Gasteiger partial charge in [0.15, 0.2) is 0 Å². The van der Waals surface area contributed by atoms with Crippen LogP contribution in [0.3, 0.4) is 0 Å². The normalized spacial score (nSPS) is 13.1. The van der Waals surface area contributed by atoms with E-state index in [1.54, 1.807) is 0 Å². The largest absolute Gasteiger partial charge is 0.462 e. The van der Waals surface area contributed by atoms with Gasteiger partial charge in [-0.2, -0.15) is 0 Å². The third kappa shape index (κ3) is 33.8. The Morgan fingerprint density at radius 1 is 0.608 bits per heavy atom. The van der Waals surface area contributed by atoms with Gasteiger partial charge in [0.1, 0.15) is 12.1 Å². The number of aliphatic hydroxyl groups is 1. The van der Waals surface area contributed by atoms with E-state index in [-0.39, 0.29) is 31.1 Å². The molecule has 0 heterocycles. The molecule has 2 amide bonds. The van der Waals surface area contributed by atoms with Crippen LogP contribution >= 0.6 is 0 Å². The average molecular weight is 726 g/mol. The molecule has 0 rings (SSSR count). The number of nitrogens with two attached hydrogens (primary N) is 1. The molecule has 0 aromatic heterocycles. The number of rotatable bonds is 39. The number of carbonyl (C=O) groups excluding carboxylic acids is 3. The van der Waals surface area contributed by atoms with Gasteiger partial charge in [-0.3, -0.25) is 14.4 Å². The molecule has 0 aromatic carbocycles. The highest BCUT2D eigenvalue weighted by Gasteiger charge is 2.19. The molecule has 3 atom stereocenters. The molecule has 5 N–H and O–H groups in total. The smallest absolute Gasteiger partial charge is 0.306 e. The van der Waals surface area contributed by atoms with Gasteiger partial charge in [0.05, 0.1) is 25.9 Å². The summed E-state index contributed by atoms with van der Waals surface area (Å²) in [6, 6.07) is -1.44. The Morgan fingerprint density at radius 3 is 1.55 bits per heavy atom. The number of amides is 2. The summed E-state index contributed by atoms with van der Waals surface area (Å²) in [5.74, 6) is -0.647. The fraction of sp³-hybridized carbons (Fsp3) is 0.929. The maximum atomic E-state index is 12.8. The van der Waals surface area contributed by atoms with E-state index in [0.717, 1.165) is 51.4 Å². The van der Waals surface area contributed by atoms with Crippen molar-refractivity contribution in [2.45, 2.75) is 225 Å². The molecule has 0 aliphatic rings. The van der Waals surface area contributed by atoms with Crippen LogP contribution in [0.4, 0.5) is 0 Å². The first-order chi connectivity index (χ1) is 24.9. The molecule has 0 saturated carbocycles. The number of unbranched alkanes of at least 4 members (excludes halogenated alkanes) is 22. The summed E-state index contributed by atoms with van der Waals surface area (Å²) in [7, 11) is 0. The van der Waals surface area contributed by atoms with Gasteiger partial charge in [-0.15, -0.1) is 0 Å². The minimum atomic E-state index is -1.01. The third-order valence-corrected chi connectivity index (χ3v) is 9.74. The van der Waals surface area contributed by atoms with Crippen molar-refractivity contribution in [3.8, 4) is 0 Å². The van der Waals surface area contributed by atoms with Gasteiger partial charge in [-0.05, 0) is 25.7 Å². The Balaban J connectivity index is 4.69. The third-order valence-electron chi connectivity index (χ3n) is 9.74. The quantitative estimate of drug-likeness (QED) is 0.0366. The minimum Gasteiger partial charge on any atom is -0.462 e. The van der Waals surface area contributed by atoms with Crippen molar-refractivity contribution >= 4 is 17.8 Å². The van der Waals surface area contributed by atoms with Gasteiger partial charge < -0.3 is 30.9 Å². The SMILES string of the molecule is CCCCCCCCCCCCCC(=O)N[C@@H](CNC(=O)[C@@H](N)CO)COCC[C@@H](CCCCCCC)OC(=O)CCCCCCCCCCC. The Kier molecular flexibility index (Phi) is 36.8. The predicted octanol–water partition coefficient (Wildman–Crippen LogP) is 9.21. The van der Waals surface area contributed by atoms with E-state index in [9.17, 15) is 19.5 Å². The summed E-state index contributed by atoms with van der Waals surface area (Å²) in [5, 5.41) is 15.0. The molecule has 302 valence electrons. The topological polar surface area (TPSA) is 140 Å². The molecule has 0 fully saturated rings. The number of nitrogens with one attached hydrogen (secondary N) is 2. The lowest BCUT2D eigenvalue weighted by atomic mass is 10.1. The summed E-state index contributed by atoms with van der Waals surface area (Å²) in [4.78, 5) is 37.7. The second kappa shape index (κ2) is 38.0. The van der Waals surface area contributed by atoms with E-state index in [4.69, 9.17) is 15.2 Å². The lowest BCUT2D eigenvalue weighted by Crippen LogP contribution is -2.50. The van der Waals surface area contributed by atoms with E-state index in [1.807, 2.05) is 0 Å². The number of hydrogen-bond acceptors (Lipinski definition) is 7. The van der Waals surface area contributed by atoms with Gasteiger partial charge >= 0.3 is 5.97 Å². The van der Waals surface area contributed by atoms with Crippen molar-refractivity contribution in [2.24, 2.45) is 5.73 Å². The number of esters is 1. The lowest BCUT2D eigenvalue weighted by molar-refractivity contribution is -0.150. The van der Waals surface area contributed by atoms with Crippen molar-refractivity contribution in [3.63, 3.8) is 0 Å². The van der Waals surface area contributed by atoms with Crippen LogP contribution in [0, 0.1) is 0 Å². The van der Waals surface area contributed by atoms with Gasteiger partial charge in [0, 0.05) is 25.8 Å². The van der Waals surface area contributed by atoms with Crippen LogP contribution in [0.2, 0.25) is 0 Å². The average Bonchev–Trinajstić information content (AvgIpc) is 3.12. The summed E-state index contributed by atoms with van der Waals surface area (Å²) in [5.41, 5.74) is 5.67. The highest BCUT2D eigenvalue weighted by atomic mass is 16.5. The van der Waals surface area contributed by atoms with E-state index >= 15 is 0 Å². The van der Waals surface area contributed by atoms with Crippen LogP contribution in [0.5, 0.6) is 0 Å². The molecule has 9 nitrogen and oxygen atoms in total. The standard InChI is InChI=1S/C42H83N3O6/c1-4-7-10-13-15-17-18-20-21-24-27-30-40(47)45-37(34-44-42(49)39(43)35-46)36-50-33-32-38(29-26-23-12-9-6-3)51-41(48)31-28-25-22-19-16-14-11-8-5-2/h37-39,46H,4-36,43H2,1-3H3,(H,44,49)(H,45,47)/t37-,38+,39-/m0/s1. The summed E-state index contributed by atoms with van der Waals surface area (Å²) in [6.07, 6.45) is 32.2. The van der Waals surface area contributed by atoms with Gasteiger partial charge in [-0.25, -0.2) is 0 Å². The molecule has 0 saturated heterocycles. The number of ether oxygens (including phenoxy) is 2. The van der Waals surface area contributed by atoms with Gasteiger partial charge in [-0.1, -0.05) is 162 Å². The molecule has 0 radical (unpaired) electrons. The zero-order chi connectivity index (χ0) is 37.6. The molecule has 0 spiro atoms. The Morgan fingerprint density at radius 2 is 1.06 bits per heavy atom. The Hall–Kier alpha value is -1.71. The van der Waals surface area contributed by atoms with Crippen LogP contribution in [-0.4, -0.2) is 67.4 Å². The highest BCUT2D eigenvalue weighted by Crippen LogP contribution is 2.16. The lowest BCUT2D eigenvalue weighted by Gasteiger charge is -2.22. The Bertz CT molecular complexity index is 799. The first kappa shape index (κ1) is 49.3. The zero-order valence-corrected chi connectivity index (χ0v) is 33.6. The van der Waals surface area contributed by atoms with Crippen molar-refractivity contribution < 1.29 is 29.0 Å². The first-order valence-corrected chi connectivity index (χ1v) is 21.6. The van der Waals surface area contributed by atoms with Gasteiger partial charge in [0.25, 0.3) is 0 Å². The van der Waals surface area contributed by atoms with Crippen LogP contribution in [-0.2, 0) is 23.9 Å². The van der Waals surface area contributed by atoms with E-state index < -0.39 is 24.6 Å². The van der Waals surface area contributed by atoms with Crippen LogP contribution in [0.25, 0.3) is 0 Å². The molecular formula is C42H83N3O6. The van der Waals surface area contributed by atoms with Crippen LogP contribution in [0.15, 0.2) is 0 Å². The zero-order valence-electron chi connectivity index (χ0n) is 33.6. The number of aliphatic hydroxyl groups excluding tert-OH is 1. The predicted molar refractivity (Wildman–Crippen MR) is 212 cm³/mol. The minimum absolute atomic E-state index is 0.0596. The van der Waals surface area contributed by atoms with E-state index in [2.05, 4.69) is 31.4 Å². The van der Waals surface area contributed by atoms with Crippen molar-refractivity contribution in [3.05, 3.63) is 0 Å². The summed E-state index contributed by atoms with van der Waals surface area (Å²) in [6.45, 7) is 7.00. The van der Waals surface area contributed by atoms with Crippen molar-refractivity contribution in [2.75, 3.05) is 26.4 Å². The molecular weight excluding hydrogens is 642 g/mol. The van der Waals surface area contributed by atoms with Crippen molar-refractivity contribution in [1.82, 2.24) is 10.6 Å².